The van der Waals surface area contributed by atoms with Gasteiger partial charge in [0, 0.05) is 36.7 Å². The van der Waals surface area contributed by atoms with E-state index >= 15 is 0 Å². The fourth-order valence-corrected chi connectivity index (χ4v) is 3.86. The maximum atomic E-state index is 12.4. The van der Waals surface area contributed by atoms with Crippen LogP contribution >= 0.6 is 23.1 Å². The molecule has 0 bridgehead atoms. The second kappa shape index (κ2) is 10.8. The fraction of sp³-hybridized carbons (Fsp3) is 0.150. The Balaban J connectivity index is 0.000000278. The summed E-state index contributed by atoms with van der Waals surface area (Å²) < 4.78 is 27.9. The number of ether oxygens (including phenoxy) is 1. The van der Waals surface area contributed by atoms with E-state index in [0.717, 1.165) is 5.56 Å². The molecule has 0 fully saturated rings. The average molecular weight is 555 g/mol. The van der Waals surface area contributed by atoms with Gasteiger partial charge in [0.2, 0.25) is 0 Å². The van der Waals surface area contributed by atoms with Crippen molar-refractivity contribution in [1.82, 2.24) is 29.8 Å². The summed E-state index contributed by atoms with van der Waals surface area (Å²) in [6.07, 6.45) is 5.58. The van der Waals surface area contributed by atoms with Gasteiger partial charge >= 0.3 is 0 Å². The van der Waals surface area contributed by atoms with Gasteiger partial charge in [-0.25, -0.2) is 23.4 Å². The largest absolute Gasteiger partial charge is 0.482 e. The number of nitrogens with zero attached hydrogens (tertiary/aromatic N) is 4. The Morgan fingerprint density at radius 2 is 2.08 bits per heavy atom. The van der Waals surface area contributed by atoms with Crippen LogP contribution in [0, 0.1) is 0 Å². The number of hydrogen-bond donors (Lipinski definition) is 4. The number of carbonyl (C=O) groups is 2. The molecule has 16 heteroatoms. The van der Waals surface area contributed by atoms with Gasteiger partial charge in [-0.05, 0) is 17.7 Å². The minimum absolute atomic E-state index is 0. The SMILES string of the molecule is Cl.Cn1cnc(S(=O)(=O)Cl)c1.Nc1c[nH]c2c(C(=O)NCc3ccc4c(c3)NC(=O)CO4)ncnc12. The molecule has 0 saturated carbocycles. The number of anilines is 2. The molecule has 190 valence electrons. The number of halogens is 2. The number of rotatable bonds is 4. The van der Waals surface area contributed by atoms with Gasteiger partial charge in [-0.3, -0.25) is 9.59 Å². The van der Waals surface area contributed by atoms with Crippen molar-refractivity contribution in [2.75, 3.05) is 17.7 Å². The molecule has 5 N–H and O–H groups in total. The van der Waals surface area contributed by atoms with Crippen LogP contribution in [0.3, 0.4) is 0 Å². The van der Waals surface area contributed by atoms with Crippen LogP contribution in [0.1, 0.15) is 16.1 Å². The number of aryl methyl sites for hydroxylation is 1. The molecule has 1 aliphatic rings. The van der Waals surface area contributed by atoms with Gasteiger partial charge in [-0.15, -0.1) is 12.4 Å². The fourth-order valence-electron chi connectivity index (χ4n) is 3.15. The summed E-state index contributed by atoms with van der Waals surface area (Å²) >= 11 is 0. The van der Waals surface area contributed by atoms with Gasteiger partial charge in [0.05, 0.1) is 23.2 Å². The molecule has 1 aromatic carbocycles. The van der Waals surface area contributed by atoms with E-state index < -0.39 is 9.05 Å². The number of carbonyl (C=O) groups excluding carboxylic acids is 2. The Hall–Kier alpha value is -3.88. The van der Waals surface area contributed by atoms with Gasteiger partial charge in [0.25, 0.3) is 20.9 Å². The van der Waals surface area contributed by atoms with E-state index in [4.69, 9.17) is 21.2 Å². The van der Waals surface area contributed by atoms with Gasteiger partial charge < -0.3 is 30.7 Å². The van der Waals surface area contributed by atoms with Crippen molar-refractivity contribution in [2.45, 2.75) is 11.6 Å². The van der Waals surface area contributed by atoms with Gasteiger partial charge in [-0.1, -0.05) is 6.07 Å². The first kappa shape index (κ1) is 26.7. The number of amides is 2. The van der Waals surface area contributed by atoms with Crippen LogP contribution in [0.4, 0.5) is 11.4 Å². The lowest BCUT2D eigenvalue weighted by atomic mass is 10.1. The molecule has 3 aromatic heterocycles. The second-order valence-corrected chi connectivity index (χ2v) is 9.87. The summed E-state index contributed by atoms with van der Waals surface area (Å²) in [4.78, 5) is 38.3. The van der Waals surface area contributed by atoms with Crippen molar-refractivity contribution < 1.29 is 22.7 Å². The van der Waals surface area contributed by atoms with Crippen molar-refractivity contribution in [2.24, 2.45) is 7.05 Å². The molecule has 13 nitrogen and oxygen atoms in total. The molecule has 0 spiro atoms. The molecular weight excluding hydrogens is 535 g/mol. The number of benzene rings is 1. The third-order valence-electron chi connectivity index (χ3n) is 4.77. The van der Waals surface area contributed by atoms with E-state index in [-0.39, 0.29) is 48.1 Å². The van der Waals surface area contributed by atoms with Crippen molar-refractivity contribution in [3.63, 3.8) is 0 Å². The molecule has 4 aromatic rings. The molecule has 0 aliphatic carbocycles. The highest BCUT2D eigenvalue weighted by Gasteiger charge is 2.18. The standard InChI is InChI=1S/C16H14N6O3.C4H5ClN2O2S.ClH/c17-9-5-18-14-13(9)20-7-21-15(14)16(24)19-4-8-1-2-11-10(3-8)22-12(23)6-25-11;1-7-2-4(6-3-7)10(5,8)9;/h1-3,5,7,18H,4,6,17H2,(H,19,24)(H,22,23);2-3H,1H3;1H. The van der Waals surface area contributed by atoms with E-state index in [1.54, 1.807) is 25.4 Å². The zero-order valence-corrected chi connectivity index (χ0v) is 20.9. The minimum Gasteiger partial charge on any atom is -0.482 e. The highest BCUT2D eigenvalue weighted by molar-refractivity contribution is 8.13. The van der Waals surface area contributed by atoms with Gasteiger partial charge in [0.1, 0.15) is 17.6 Å². The van der Waals surface area contributed by atoms with E-state index in [1.165, 1.54) is 23.4 Å². The number of imidazole rings is 1. The molecule has 36 heavy (non-hydrogen) atoms. The molecular formula is C20H20Cl2N8O5S. The third-order valence-corrected chi connectivity index (χ3v) is 5.95. The normalized spacial score (nSPS) is 12.3. The topological polar surface area (TPSA) is 187 Å². The zero-order valence-electron chi connectivity index (χ0n) is 18.6. The summed E-state index contributed by atoms with van der Waals surface area (Å²) in [6, 6.07) is 5.33. The number of hydrogen-bond acceptors (Lipinski definition) is 9. The number of nitrogens with one attached hydrogen (secondary N) is 3. The Labute approximate surface area is 215 Å². The maximum Gasteiger partial charge on any atom is 0.280 e. The van der Waals surface area contributed by atoms with Gasteiger partial charge in [-0.2, -0.15) is 0 Å². The number of aromatic nitrogens is 5. The third kappa shape index (κ3) is 6.02. The van der Waals surface area contributed by atoms with E-state index in [2.05, 4.69) is 30.6 Å². The van der Waals surface area contributed by atoms with Crippen molar-refractivity contribution in [3.05, 3.63) is 54.5 Å². The Bertz CT molecular complexity index is 1540. The molecule has 0 radical (unpaired) electrons. The lowest BCUT2D eigenvalue weighted by molar-refractivity contribution is -0.118. The van der Waals surface area contributed by atoms with E-state index in [1.807, 2.05) is 6.07 Å². The summed E-state index contributed by atoms with van der Waals surface area (Å²) in [5.74, 6) is 0.0442. The van der Waals surface area contributed by atoms with Crippen molar-refractivity contribution in [1.29, 1.82) is 0 Å². The lowest BCUT2D eigenvalue weighted by Gasteiger charge is -2.18. The van der Waals surface area contributed by atoms with Gasteiger partial charge in [0.15, 0.2) is 17.3 Å². The maximum absolute atomic E-state index is 12.4. The molecule has 4 heterocycles. The molecule has 2 amide bonds. The van der Waals surface area contributed by atoms with Crippen LogP contribution in [0.25, 0.3) is 11.0 Å². The van der Waals surface area contributed by atoms with Crippen molar-refractivity contribution >= 4 is 66.4 Å². The van der Waals surface area contributed by atoms with E-state index in [0.29, 0.717) is 28.2 Å². The highest BCUT2D eigenvalue weighted by Crippen LogP contribution is 2.28. The second-order valence-electron chi connectivity index (χ2n) is 7.36. The van der Waals surface area contributed by atoms with Crippen LogP contribution in [-0.2, 0) is 27.4 Å². The number of nitrogen functional groups attached to an aromatic ring is 1. The summed E-state index contributed by atoms with van der Waals surface area (Å²) in [7, 11) is 2.99. The first-order valence-electron chi connectivity index (χ1n) is 9.96. The lowest BCUT2D eigenvalue weighted by Crippen LogP contribution is -2.26. The monoisotopic (exact) mass is 554 g/mol. The number of fused-ring (bicyclic) bond motifs is 2. The highest BCUT2D eigenvalue weighted by atomic mass is 35.7. The van der Waals surface area contributed by atoms with Crippen LogP contribution in [0.5, 0.6) is 5.75 Å². The van der Waals surface area contributed by atoms with Crippen LogP contribution < -0.4 is 21.1 Å². The van der Waals surface area contributed by atoms with E-state index in [9.17, 15) is 18.0 Å². The number of nitrogens with two attached hydrogens (primary N) is 1. The van der Waals surface area contributed by atoms with Crippen LogP contribution in [-0.4, -0.2) is 51.3 Å². The first-order chi connectivity index (χ1) is 16.6. The zero-order chi connectivity index (χ0) is 25.2. The summed E-state index contributed by atoms with van der Waals surface area (Å²) in [6.45, 7) is 0.274. The Morgan fingerprint density at radius 1 is 1.31 bits per heavy atom. The first-order valence-corrected chi connectivity index (χ1v) is 12.3. The number of H-pyrrole nitrogens is 1. The Kier molecular flexibility index (Phi) is 8.02. The van der Waals surface area contributed by atoms with Crippen LogP contribution in [0.2, 0.25) is 0 Å². The molecule has 5 rings (SSSR count). The predicted octanol–water partition coefficient (Wildman–Crippen LogP) is 1.57. The summed E-state index contributed by atoms with van der Waals surface area (Å²) in [5.41, 5.74) is 8.86. The van der Waals surface area contributed by atoms with Crippen LogP contribution in [0.15, 0.2) is 48.3 Å². The summed E-state index contributed by atoms with van der Waals surface area (Å²) in [5, 5.41) is 5.41. The Morgan fingerprint density at radius 3 is 2.75 bits per heavy atom. The van der Waals surface area contributed by atoms with Crippen molar-refractivity contribution in [3.8, 4) is 5.75 Å². The molecule has 0 atom stereocenters. The quantitative estimate of drug-likeness (QED) is 0.271. The number of aromatic amines is 1. The minimum atomic E-state index is -3.64. The predicted molar refractivity (Wildman–Crippen MR) is 134 cm³/mol. The average Bonchev–Trinajstić information content (AvgIpc) is 3.43. The smallest absolute Gasteiger partial charge is 0.280 e. The molecule has 0 unspecified atom stereocenters. The molecule has 0 saturated heterocycles. The molecule has 1 aliphatic heterocycles.